The van der Waals surface area contributed by atoms with Gasteiger partial charge in [-0.25, -0.2) is 0 Å². The van der Waals surface area contributed by atoms with Gasteiger partial charge in [-0.05, 0) is 27.7 Å². The van der Waals surface area contributed by atoms with Gasteiger partial charge < -0.3 is 9.22 Å². The van der Waals surface area contributed by atoms with Gasteiger partial charge in [0, 0.05) is 0 Å². The zero-order valence-corrected chi connectivity index (χ0v) is 8.84. The molecule has 1 fully saturated rings. The van der Waals surface area contributed by atoms with Crippen molar-refractivity contribution in [2.24, 2.45) is 0 Å². The van der Waals surface area contributed by atoms with Gasteiger partial charge in [0.25, 0.3) is 0 Å². The van der Waals surface area contributed by atoms with E-state index in [1.807, 2.05) is 0 Å². The highest BCUT2D eigenvalue weighted by molar-refractivity contribution is 4.77. The SMILES string of the molecule is CC[N+](CC)(CC)C(C)C1CO1. The third kappa shape index (κ3) is 1.64. The number of quaternary nitrogens is 1. The normalized spacial score (nSPS) is 25.5. The fraction of sp³-hybridized carbons (Fsp3) is 1.00. The predicted molar refractivity (Wildman–Crippen MR) is 51.1 cm³/mol. The molecule has 0 N–H and O–H groups in total. The smallest absolute Gasteiger partial charge is 0.132 e. The Hall–Kier alpha value is -0.0800. The molecule has 2 unspecified atom stereocenters. The first kappa shape index (κ1) is 10.0. The maximum absolute atomic E-state index is 5.37. The van der Waals surface area contributed by atoms with Crippen molar-refractivity contribution in [2.75, 3.05) is 26.2 Å². The lowest BCUT2D eigenvalue weighted by atomic mass is 10.1. The Morgan fingerprint density at radius 3 is 1.92 bits per heavy atom. The summed E-state index contributed by atoms with van der Waals surface area (Å²) in [6, 6.07) is 0.685. The lowest BCUT2D eigenvalue weighted by Gasteiger charge is -2.40. The quantitative estimate of drug-likeness (QED) is 0.454. The van der Waals surface area contributed by atoms with Crippen molar-refractivity contribution in [2.45, 2.75) is 39.8 Å². The summed E-state index contributed by atoms with van der Waals surface area (Å²) in [4.78, 5) is 0. The van der Waals surface area contributed by atoms with Crippen LogP contribution < -0.4 is 0 Å². The molecule has 0 bridgehead atoms. The summed E-state index contributed by atoms with van der Waals surface area (Å²) in [6.45, 7) is 13.9. The number of nitrogens with zero attached hydrogens (tertiary/aromatic N) is 1. The molecule has 2 heteroatoms. The van der Waals surface area contributed by atoms with Gasteiger partial charge in [0.05, 0.1) is 26.2 Å². The minimum Gasteiger partial charge on any atom is -0.367 e. The van der Waals surface area contributed by atoms with Crippen LogP contribution in [0.5, 0.6) is 0 Å². The Kier molecular flexibility index (Phi) is 3.13. The van der Waals surface area contributed by atoms with E-state index < -0.39 is 0 Å². The molecule has 0 aromatic heterocycles. The van der Waals surface area contributed by atoms with Crippen LogP contribution in [0.25, 0.3) is 0 Å². The number of hydrogen-bond donors (Lipinski definition) is 0. The number of epoxide rings is 1. The van der Waals surface area contributed by atoms with E-state index in [0.29, 0.717) is 12.1 Å². The third-order valence-electron chi connectivity index (χ3n) is 3.65. The zero-order valence-electron chi connectivity index (χ0n) is 8.84. The van der Waals surface area contributed by atoms with E-state index in [1.54, 1.807) is 0 Å². The second-order valence-electron chi connectivity index (χ2n) is 3.78. The summed E-state index contributed by atoms with van der Waals surface area (Å²) >= 11 is 0. The predicted octanol–water partition coefficient (Wildman–Crippen LogP) is 1.65. The lowest BCUT2D eigenvalue weighted by molar-refractivity contribution is -0.945. The Morgan fingerprint density at radius 1 is 1.25 bits per heavy atom. The van der Waals surface area contributed by atoms with E-state index >= 15 is 0 Å². The van der Waals surface area contributed by atoms with E-state index in [0.717, 1.165) is 6.61 Å². The van der Waals surface area contributed by atoms with Gasteiger partial charge in [-0.2, -0.15) is 0 Å². The zero-order chi connectivity index (χ0) is 9.19. The molecule has 1 rings (SSSR count). The van der Waals surface area contributed by atoms with Crippen LogP contribution in [-0.2, 0) is 4.74 Å². The van der Waals surface area contributed by atoms with Crippen molar-refractivity contribution in [1.82, 2.24) is 0 Å². The average molecular weight is 172 g/mol. The number of hydrogen-bond acceptors (Lipinski definition) is 1. The summed E-state index contributed by atoms with van der Waals surface area (Å²) in [5.41, 5.74) is 0. The van der Waals surface area contributed by atoms with Crippen LogP contribution in [0.4, 0.5) is 0 Å². The molecule has 12 heavy (non-hydrogen) atoms. The summed E-state index contributed by atoms with van der Waals surface area (Å²) in [6.07, 6.45) is 0.546. The van der Waals surface area contributed by atoms with Crippen molar-refractivity contribution in [3.05, 3.63) is 0 Å². The molecule has 2 nitrogen and oxygen atoms in total. The lowest BCUT2D eigenvalue weighted by Crippen LogP contribution is -2.56. The molecule has 0 aliphatic carbocycles. The van der Waals surface area contributed by atoms with Crippen LogP contribution in [0.1, 0.15) is 27.7 Å². The largest absolute Gasteiger partial charge is 0.367 e. The third-order valence-corrected chi connectivity index (χ3v) is 3.65. The first-order valence-corrected chi connectivity index (χ1v) is 5.17. The van der Waals surface area contributed by atoms with Gasteiger partial charge in [-0.3, -0.25) is 0 Å². The van der Waals surface area contributed by atoms with Crippen LogP contribution in [0.2, 0.25) is 0 Å². The Morgan fingerprint density at radius 2 is 1.67 bits per heavy atom. The molecular weight excluding hydrogens is 150 g/mol. The van der Waals surface area contributed by atoms with Gasteiger partial charge in [0.2, 0.25) is 0 Å². The van der Waals surface area contributed by atoms with Crippen LogP contribution in [0.3, 0.4) is 0 Å². The van der Waals surface area contributed by atoms with Gasteiger partial charge in [0.1, 0.15) is 12.1 Å². The number of likely N-dealkylation sites (N-methyl/N-ethyl adjacent to an activating group) is 1. The molecule has 0 saturated carbocycles. The van der Waals surface area contributed by atoms with E-state index in [1.165, 1.54) is 24.1 Å². The summed E-state index contributed by atoms with van der Waals surface area (Å²) < 4.78 is 6.58. The molecule has 1 aliphatic rings. The fourth-order valence-corrected chi connectivity index (χ4v) is 2.22. The van der Waals surface area contributed by atoms with E-state index in [9.17, 15) is 0 Å². The maximum Gasteiger partial charge on any atom is 0.132 e. The molecule has 0 radical (unpaired) electrons. The van der Waals surface area contributed by atoms with Crippen molar-refractivity contribution in [1.29, 1.82) is 0 Å². The standard InChI is InChI=1S/C10H22NO/c1-5-11(6-2,7-3)9(4)10-8-12-10/h9-10H,5-8H2,1-4H3/q+1. The minimum atomic E-state index is 0.546. The monoisotopic (exact) mass is 172 g/mol. The second kappa shape index (κ2) is 3.75. The topological polar surface area (TPSA) is 12.5 Å². The van der Waals surface area contributed by atoms with E-state index in [-0.39, 0.29) is 0 Å². The van der Waals surface area contributed by atoms with Crippen molar-refractivity contribution < 1.29 is 9.22 Å². The Labute approximate surface area is 76.1 Å². The first-order chi connectivity index (χ1) is 5.70. The first-order valence-electron chi connectivity index (χ1n) is 5.17. The van der Waals surface area contributed by atoms with Gasteiger partial charge >= 0.3 is 0 Å². The second-order valence-corrected chi connectivity index (χ2v) is 3.78. The molecule has 0 spiro atoms. The molecule has 0 amide bonds. The molecule has 1 saturated heterocycles. The molecule has 72 valence electrons. The summed E-state index contributed by atoms with van der Waals surface area (Å²) in [5, 5.41) is 0. The highest BCUT2D eigenvalue weighted by Crippen LogP contribution is 2.24. The molecule has 0 aromatic carbocycles. The molecule has 1 heterocycles. The number of ether oxygens (including phenoxy) is 1. The fourth-order valence-electron chi connectivity index (χ4n) is 2.22. The van der Waals surface area contributed by atoms with Crippen LogP contribution in [0, 0.1) is 0 Å². The summed E-state index contributed by atoms with van der Waals surface area (Å²) in [5.74, 6) is 0. The molecule has 0 aromatic rings. The van der Waals surface area contributed by atoms with Gasteiger partial charge in [-0.1, -0.05) is 0 Å². The van der Waals surface area contributed by atoms with Crippen LogP contribution >= 0.6 is 0 Å². The highest BCUT2D eigenvalue weighted by Gasteiger charge is 2.41. The van der Waals surface area contributed by atoms with Crippen molar-refractivity contribution >= 4 is 0 Å². The Balaban J connectivity index is 2.60. The summed E-state index contributed by atoms with van der Waals surface area (Å²) in [7, 11) is 0. The minimum absolute atomic E-state index is 0.546. The highest BCUT2D eigenvalue weighted by atomic mass is 16.6. The average Bonchev–Trinajstić information content (AvgIpc) is 2.91. The van der Waals surface area contributed by atoms with Crippen molar-refractivity contribution in [3.8, 4) is 0 Å². The maximum atomic E-state index is 5.37. The molecular formula is C10H22NO+. The Bertz CT molecular complexity index is 131. The molecule has 1 aliphatic heterocycles. The van der Waals surface area contributed by atoms with Crippen molar-refractivity contribution in [3.63, 3.8) is 0 Å². The van der Waals surface area contributed by atoms with Gasteiger partial charge in [-0.15, -0.1) is 0 Å². The van der Waals surface area contributed by atoms with Gasteiger partial charge in [0.15, 0.2) is 0 Å². The molecule has 2 atom stereocenters. The van der Waals surface area contributed by atoms with E-state index in [2.05, 4.69) is 27.7 Å². The van der Waals surface area contributed by atoms with E-state index in [4.69, 9.17) is 4.74 Å². The number of rotatable bonds is 5. The van der Waals surface area contributed by atoms with Crippen LogP contribution in [-0.4, -0.2) is 42.9 Å². The van der Waals surface area contributed by atoms with Crippen LogP contribution in [0.15, 0.2) is 0 Å².